The number of aromatic nitrogens is 2. The second-order valence-electron chi connectivity index (χ2n) is 5.89. The Labute approximate surface area is 112 Å². The maximum absolute atomic E-state index is 4.14. The molecule has 102 valence electrons. The molecule has 0 bridgehead atoms. The van der Waals surface area contributed by atoms with Gasteiger partial charge >= 0.3 is 0 Å². The smallest absolute Gasteiger partial charge is 0.0945 e. The van der Waals surface area contributed by atoms with Crippen LogP contribution in [0.2, 0.25) is 0 Å². The quantitative estimate of drug-likeness (QED) is 0.686. The Morgan fingerprint density at radius 1 is 1.22 bits per heavy atom. The lowest BCUT2D eigenvalue weighted by molar-refractivity contribution is 0.213. The van der Waals surface area contributed by atoms with E-state index in [1.54, 1.807) is 0 Å². The molecule has 0 saturated heterocycles. The van der Waals surface area contributed by atoms with Crippen molar-refractivity contribution in [2.45, 2.75) is 71.3 Å². The predicted molar refractivity (Wildman–Crippen MR) is 76.4 cm³/mol. The van der Waals surface area contributed by atoms with Gasteiger partial charge in [-0.05, 0) is 18.3 Å². The molecule has 0 aliphatic heterocycles. The molecule has 0 aromatic carbocycles. The van der Waals surface area contributed by atoms with Gasteiger partial charge in [-0.3, -0.25) is 0 Å². The fourth-order valence-corrected chi connectivity index (χ4v) is 3.42. The highest BCUT2D eigenvalue weighted by Crippen LogP contribution is 2.34. The molecule has 18 heavy (non-hydrogen) atoms. The number of aryl methyl sites for hydroxylation is 1. The van der Waals surface area contributed by atoms with Gasteiger partial charge < -0.3 is 4.57 Å². The van der Waals surface area contributed by atoms with Gasteiger partial charge in [0.25, 0.3) is 0 Å². The number of unbranched alkanes of at least 4 members (excludes halogenated alkanes) is 1. The van der Waals surface area contributed by atoms with E-state index in [9.17, 15) is 0 Å². The summed E-state index contributed by atoms with van der Waals surface area (Å²) in [6, 6.07) is 0. The first-order chi connectivity index (χ1) is 8.90. The molecular weight excluding hydrogens is 220 g/mol. The predicted octanol–water partition coefficient (Wildman–Crippen LogP) is 4.66. The third-order valence-electron chi connectivity index (χ3n) is 4.56. The van der Waals surface area contributed by atoms with Gasteiger partial charge in [-0.15, -0.1) is 0 Å². The van der Waals surface area contributed by atoms with Crippen molar-refractivity contribution in [1.82, 2.24) is 9.55 Å². The zero-order valence-electron chi connectivity index (χ0n) is 11.9. The van der Waals surface area contributed by atoms with Crippen LogP contribution in [0.5, 0.6) is 0 Å². The van der Waals surface area contributed by atoms with E-state index in [-0.39, 0.29) is 0 Å². The minimum Gasteiger partial charge on any atom is -0.337 e. The van der Waals surface area contributed by atoms with Gasteiger partial charge in [-0.2, -0.15) is 0 Å². The van der Waals surface area contributed by atoms with Gasteiger partial charge in [0.05, 0.1) is 6.33 Å². The molecule has 1 fully saturated rings. The van der Waals surface area contributed by atoms with Crippen LogP contribution in [0.3, 0.4) is 0 Å². The van der Waals surface area contributed by atoms with Crippen LogP contribution < -0.4 is 0 Å². The average molecular weight is 248 g/mol. The average Bonchev–Trinajstić information content (AvgIpc) is 2.93. The van der Waals surface area contributed by atoms with Crippen molar-refractivity contribution in [3.8, 4) is 0 Å². The summed E-state index contributed by atoms with van der Waals surface area (Å²) < 4.78 is 2.24. The highest BCUT2D eigenvalue weighted by atomic mass is 15.0. The fraction of sp³-hybridized carbons (Fsp3) is 0.812. The molecule has 1 aromatic rings. The SMILES string of the molecule is CCCCC(CCn1ccnc1)C1CCCCC1. The van der Waals surface area contributed by atoms with E-state index in [2.05, 4.69) is 22.7 Å². The van der Waals surface area contributed by atoms with Crippen molar-refractivity contribution >= 4 is 0 Å². The molecule has 1 saturated carbocycles. The van der Waals surface area contributed by atoms with Crippen molar-refractivity contribution < 1.29 is 0 Å². The summed E-state index contributed by atoms with van der Waals surface area (Å²) in [6.07, 6.45) is 18.9. The molecule has 0 radical (unpaired) electrons. The molecule has 1 aliphatic rings. The van der Waals surface area contributed by atoms with E-state index in [0.717, 1.165) is 18.4 Å². The van der Waals surface area contributed by atoms with E-state index in [1.807, 2.05) is 12.5 Å². The van der Waals surface area contributed by atoms with Gasteiger partial charge in [0.15, 0.2) is 0 Å². The van der Waals surface area contributed by atoms with Crippen LogP contribution in [-0.4, -0.2) is 9.55 Å². The van der Waals surface area contributed by atoms with Crippen molar-refractivity contribution in [1.29, 1.82) is 0 Å². The first kappa shape index (κ1) is 13.6. The van der Waals surface area contributed by atoms with Crippen molar-refractivity contribution in [3.05, 3.63) is 18.7 Å². The molecule has 1 unspecified atom stereocenters. The highest BCUT2D eigenvalue weighted by Gasteiger charge is 2.22. The second-order valence-corrected chi connectivity index (χ2v) is 5.89. The zero-order valence-corrected chi connectivity index (χ0v) is 11.9. The topological polar surface area (TPSA) is 17.8 Å². The fourth-order valence-electron chi connectivity index (χ4n) is 3.42. The first-order valence-electron chi connectivity index (χ1n) is 7.86. The highest BCUT2D eigenvalue weighted by molar-refractivity contribution is 4.78. The van der Waals surface area contributed by atoms with E-state index in [0.29, 0.717) is 0 Å². The maximum Gasteiger partial charge on any atom is 0.0945 e. The molecule has 0 amide bonds. The number of hydrogen-bond acceptors (Lipinski definition) is 1. The normalized spacial score (nSPS) is 18.9. The van der Waals surface area contributed by atoms with Crippen molar-refractivity contribution in [3.63, 3.8) is 0 Å². The standard InChI is InChI=1S/C16H28N2/c1-2-3-7-16(15-8-5-4-6-9-15)10-12-18-13-11-17-14-18/h11,13-16H,2-10,12H2,1H3. The Hall–Kier alpha value is -0.790. The summed E-state index contributed by atoms with van der Waals surface area (Å²) >= 11 is 0. The first-order valence-corrected chi connectivity index (χ1v) is 7.86. The Kier molecular flexibility index (Phi) is 5.76. The van der Waals surface area contributed by atoms with Crippen LogP contribution in [0.25, 0.3) is 0 Å². The summed E-state index contributed by atoms with van der Waals surface area (Å²) in [5, 5.41) is 0. The number of nitrogens with zero attached hydrogens (tertiary/aromatic N) is 2. The molecule has 0 N–H and O–H groups in total. The number of hydrogen-bond donors (Lipinski definition) is 0. The lowest BCUT2D eigenvalue weighted by atomic mass is 9.76. The van der Waals surface area contributed by atoms with E-state index in [1.165, 1.54) is 57.8 Å². The lowest BCUT2D eigenvalue weighted by Crippen LogP contribution is -2.19. The number of imidazole rings is 1. The van der Waals surface area contributed by atoms with Crippen molar-refractivity contribution in [2.24, 2.45) is 11.8 Å². The molecule has 2 nitrogen and oxygen atoms in total. The van der Waals surface area contributed by atoms with E-state index in [4.69, 9.17) is 0 Å². The van der Waals surface area contributed by atoms with Crippen LogP contribution >= 0.6 is 0 Å². The summed E-state index contributed by atoms with van der Waals surface area (Å²) in [4.78, 5) is 4.14. The van der Waals surface area contributed by atoms with Crippen LogP contribution in [0.15, 0.2) is 18.7 Å². The Bertz CT molecular complexity index is 299. The Morgan fingerprint density at radius 2 is 2.06 bits per heavy atom. The third-order valence-corrected chi connectivity index (χ3v) is 4.56. The molecule has 2 rings (SSSR count). The minimum atomic E-state index is 0.952. The molecule has 0 spiro atoms. The van der Waals surface area contributed by atoms with E-state index < -0.39 is 0 Å². The van der Waals surface area contributed by atoms with Gasteiger partial charge in [-0.25, -0.2) is 4.98 Å². The van der Waals surface area contributed by atoms with Crippen LogP contribution in [-0.2, 0) is 6.54 Å². The number of rotatable bonds is 7. The van der Waals surface area contributed by atoms with Gasteiger partial charge in [0.2, 0.25) is 0 Å². The molecule has 1 atom stereocenters. The molecule has 1 aromatic heterocycles. The zero-order chi connectivity index (χ0) is 12.6. The second kappa shape index (κ2) is 7.60. The summed E-state index contributed by atoms with van der Waals surface area (Å²) in [5.41, 5.74) is 0. The largest absolute Gasteiger partial charge is 0.337 e. The monoisotopic (exact) mass is 248 g/mol. The summed E-state index contributed by atoms with van der Waals surface area (Å²) in [6.45, 7) is 3.47. The van der Waals surface area contributed by atoms with Gasteiger partial charge in [0, 0.05) is 18.9 Å². The van der Waals surface area contributed by atoms with Crippen LogP contribution in [0, 0.1) is 11.8 Å². The third kappa shape index (κ3) is 4.15. The van der Waals surface area contributed by atoms with Crippen LogP contribution in [0.1, 0.15) is 64.7 Å². The molecule has 1 heterocycles. The lowest BCUT2D eigenvalue weighted by Gasteiger charge is -2.30. The Morgan fingerprint density at radius 3 is 2.72 bits per heavy atom. The summed E-state index contributed by atoms with van der Waals surface area (Å²) in [5.74, 6) is 1.96. The molecule has 2 heteroatoms. The van der Waals surface area contributed by atoms with Gasteiger partial charge in [0.1, 0.15) is 0 Å². The minimum absolute atomic E-state index is 0.952. The van der Waals surface area contributed by atoms with Gasteiger partial charge in [-0.1, -0.05) is 58.3 Å². The van der Waals surface area contributed by atoms with Crippen LogP contribution in [0.4, 0.5) is 0 Å². The van der Waals surface area contributed by atoms with E-state index >= 15 is 0 Å². The maximum atomic E-state index is 4.14. The molecule has 1 aliphatic carbocycles. The van der Waals surface area contributed by atoms with Crippen molar-refractivity contribution in [2.75, 3.05) is 0 Å². The summed E-state index contributed by atoms with van der Waals surface area (Å²) in [7, 11) is 0. The molecular formula is C16H28N2. The Balaban J connectivity index is 1.83.